The number of aliphatic hydroxyl groups excluding tert-OH is 1. The first kappa shape index (κ1) is 16.1. The molecule has 0 aliphatic carbocycles. The second-order valence-corrected chi connectivity index (χ2v) is 6.33. The topological polar surface area (TPSA) is 39.6 Å². The summed E-state index contributed by atoms with van der Waals surface area (Å²) in [6, 6.07) is 16.4. The van der Waals surface area contributed by atoms with E-state index < -0.39 is 6.10 Å². The summed E-state index contributed by atoms with van der Waals surface area (Å²) >= 11 is 0. The average molecular weight is 311 g/mol. The number of benzene rings is 1. The molecule has 122 valence electrons. The molecular formula is C19H25N3O. The van der Waals surface area contributed by atoms with Crippen LogP contribution < -0.4 is 0 Å². The van der Waals surface area contributed by atoms with Crippen molar-refractivity contribution in [3.63, 3.8) is 0 Å². The molecule has 2 heterocycles. The summed E-state index contributed by atoms with van der Waals surface area (Å²) in [5, 5.41) is 10.4. The van der Waals surface area contributed by atoms with E-state index in [0.29, 0.717) is 12.6 Å². The van der Waals surface area contributed by atoms with Gasteiger partial charge in [-0.05, 0) is 24.6 Å². The Labute approximate surface area is 138 Å². The first-order valence-electron chi connectivity index (χ1n) is 8.31. The minimum absolute atomic E-state index is 0.416. The molecule has 2 aromatic rings. The van der Waals surface area contributed by atoms with Crippen LogP contribution in [0.5, 0.6) is 0 Å². The number of β-amino-alcohol motifs (C(OH)–C–C–N with tert-alkyl or cyclic N) is 1. The summed E-state index contributed by atoms with van der Waals surface area (Å²) in [5.74, 6) is 0. The van der Waals surface area contributed by atoms with Crippen molar-refractivity contribution < 1.29 is 5.11 Å². The van der Waals surface area contributed by atoms with Gasteiger partial charge in [-0.15, -0.1) is 0 Å². The van der Waals surface area contributed by atoms with E-state index in [4.69, 9.17) is 0 Å². The molecule has 23 heavy (non-hydrogen) atoms. The third kappa shape index (κ3) is 4.38. The van der Waals surface area contributed by atoms with Crippen LogP contribution in [0.1, 0.15) is 24.3 Å². The zero-order valence-corrected chi connectivity index (χ0v) is 13.7. The Kier molecular flexibility index (Phi) is 5.39. The van der Waals surface area contributed by atoms with E-state index in [1.807, 2.05) is 48.7 Å². The van der Waals surface area contributed by atoms with Crippen LogP contribution in [0.2, 0.25) is 0 Å². The monoisotopic (exact) mass is 311 g/mol. The van der Waals surface area contributed by atoms with Crippen molar-refractivity contribution >= 4 is 0 Å². The first-order valence-corrected chi connectivity index (χ1v) is 8.31. The molecule has 0 amide bonds. The zero-order chi connectivity index (χ0) is 16.1. The second-order valence-electron chi connectivity index (χ2n) is 6.33. The van der Waals surface area contributed by atoms with Crippen LogP contribution in [-0.4, -0.2) is 52.1 Å². The van der Waals surface area contributed by atoms with Gasteiger partial charge in [0.2, 0.25) is 0 Å². The van der Waals surface area contributed by atoms with Gasteiger partial charge >= 0.3 is 0 Å². The summed E-state index contributed by atoms with van der Waals surface area (Å²) in [6.45, 7) is 6.85. The third-order valence-electron chi connectivity index (χ3n) is 4.55. The van der Waals surface area contributed by atoms with E-state index in [9.17, 15) is 5.11 Å². The van der Waals surface area contributed by atoms with E-state index >= 15 is 0 Å². The maximum Gasteiger partial charge on any atom is 0.0917 e. The number of aliphatic hydroxyl groups is 1. The van der Waals surface area contributed by atoms with Crippen molar-refractivity contribution in [2.45, 2.75) is 25.6 Å². The zero-order valence-electron chi connectivity index (χ0n) is 13.7. The first-order chi connectivity index (χ1) is 11.2. The maximum atomic E-state index is 10.4. The van der Waals surface area contributed by atoms with Gasteiger partial charge in [0, 0.05) is 45.0 Å². The van der Waals surface area contributed by atoms with Crippen LogP contribution in [0, 0.1) is 0 Å². The van der Waals surface area contributed by atoms with Crippen LogP contribution in [0.3, 0.4) is 0 Å². The van der Waals surface area contributed by atoms with Gasteiger partial charge in [0.1, 0.15) is 0 Å². The van der Waals surface area contributed by atoms with Gasteiger partial charge in [-0.25, -0.2) is 0 Å². The Morgan fingerprint density at radius 1 is 1.13 bits per heavy atom. The minimum Gasteiger partial charge on any atom is -0.387 e. The van der Waals surface area contributed by atoms with Gasteiger partial charge in [-0.2, -0.15) is 0 Å². The Balaban J connectivity index is 1.52. The summed E-state index contributed by atoms with van der Waals surface area (Å²) in [7, 11) is 0. The molecule has 1 aromatic carbocycles. The fourth-order valence-corrected chi connectivity index (χ4v) is 3.21. The lowest BCUT2D eigenvalue weighted by Gasteiger charge is -2.40. The highest BCUT2D eigenvalue weighted by molar-refractivity contribution is 5.17. The van der Waals surface area contributed by atoms with Crippen LogP contribution in [0.15, 0.2) is 54.7 Å². The molecular weight excluding hydrogens is 286 g/mol. The Morgan fingerprint density at radius 3 is 2.61 bits per heavy atom. The summed E-state index contributed by atoms with van der Waals surface area (Å²) in [5.41, 5.74) is 2.12. The van der Waals surface area contributed by atoms with Crippen LogP contribution >= 0.6 is 0 Å². The maximum absolute atomic E-state index is 10.4. The van der Waals surface area contributed by atoms with Gasteiger partial charge in [-0.3, -0.25) is 14.8 Å². The van der Waals surface area contributed by atoms with Gasteiger partial charge < -0.3 is 5.11 Å². The van der Waals surface area contributed by atoms with Crippen molar-refractivity contribution in [3.8, 4) is 0 Å². The Morgan fingerprint density at radius 2 is 1.91 bits per heavy atom. The van der Waals surface area contributed by atoms with Crippen LogP contribution in [0.25, 0.3) is 0 Å². The van der Waals surface area contributed by atoms with Crippen LogP contribution in [0.4, 0.5) is 0 Å². The van der Waals surface area contributed by atoms with Gasteiger partial charge in [0.05, 0.1) is 11.8 Å². The number of hydrogen-bond acceptors (Lipinski definition) is 4. The van der Waals surface area contributed by atoms with Gasteiger partial charge in [-0.1, -0.05) is 36.4 Å². The molecule has 4 heteroatoms. The molecule has 4 nitrogen and oxygen atoms in total. The van der Waals surface area contributed by atoms with E-state index in [1.165, 1.54) is 0 Å². The standard InChI is InChI=1S/C19H25N3O/c1-16-13-21(14-18-9-5-6-10-20-18)11-12-22(16)15-19(23)17-7-3-2-4-8-17/h2-10,16,19,23H,11-15H2,1H3/t16-,19-/m0/s1. The molecule has 1 N–H and O–H groups in total. The summed E-state index contributed by atoms with van der Waals surface area (Å²) in [6.07, 6.45) is 1.44. The molecule has 1 fully saturated rings. The number of hydrogen-bond donors (Lipinski definition) is 1. The minimum atomic E-state index is -0.416. The van der Waals surface area contributed by atoms with Crippen molar-refractivity contribution in [1.29, 1.82) is 0 Å². The number of piperazine rings is 1. The Hall–Kier alpha value is -1.75. The predicted octanol–water partition coefficient (Wildman–Crippen LogP) is 2.32. The fraction of sp³-hybridized carbons (Fsp3) is 0.421. The third-order valence-corrected chi connectivity index (χ3v) is 4.55. The largest absolute Gasteiger partial charge is 0.387 e. The summed E-state index contributed by atoms with van der Waals surface area (Å²) < 4.78 is 0. The molecule has 0 bridgehead atoms. The number of rotatable bonds is 5. The second kappa shape index (κ2) is 7.68. The van der Waals surface area contributed by atoms with E-state index in [2.05, 4.69) is 27.8 Å². The normalized spacial score (nSPS) is 21.2. The lowest BCUT2D eigenvalue weighted by Crippen LogP contribution is -2.52. The van der Waals surface area contributed by atoms with E-state index in [1.54, 1.807) is 0 Å². The van der Waals surface area contributed by atoms with E-state index in [-0.39, 0.29) is 0 Å². The molecule has 1 aliphatic rings. The van der Waals surface area contributed by atoms with Crippen molar-refractivity contribution in [1.82, 2.24) is 14.8 Å². The molecule has 0 spiro atoms. The molecule has 0 unspecified atom stereocenters. The number of nitrogens with zero attached hydrogens (tertiary/aromatic N) is 3. The number of pyridine rings is 1. The quantitative estimate of drug-likeness (QED) is 0.920. The fourth-order valence-electron chi connectivity index (χ4n) is 3.21. The number of aromatic nitrogens is 1. The summed E-state index contributed by atoms with van der Waals surface area (Å²) in [4.78, 5) is 9.23. The molecule has 1 saturated heterocycles. The molecule has 0 radical (unpaired) electrons. The molecule has 1 aromatic heterocycles. The highest BCUT2D eigenvalue weighted by atomic mass is 16.3. The smallest absolute Gasteiger partial charge is 0.0917 e. The molecule has 3 rings (SSSR count). The molecule has 2 atom stereocenters. The Bertz CT molecular complexity index is 590. The van der Waals surface area contributed by atoms with E-state index in [0.717, 1.165) is 37.4 Å². The molecule has 1 aliphatic heterocycles. The van der Waals surface area contributed by atoms with Crippen molar-refractivity contribution in [2.24, 2.45) is 0 Å². The van der Waals surface area contributed by atoms with Gasteiger partial charge in [0.25, 0.3) is 0 Å². The van der Waals surface area contributed by atoms with Crippen molar-refractivity contribution in [2.75, 3.05) is 26.2 Å². The molecule has 0 saturated carbocycles. The lowest BCUT2D eigenvalue weighted by atomic mass is 10.1. The highest BCUT2D eigenvalue weighted by Crippen LogP contribution is 2.18. The van der Waals surface area contributed by atoms with Crippen LogP contribution in [-0.2, 0) is 6.54 Å². The average Bonchev–Trinajstić information content (AvgIpc) is 2.59. The van der Waals surface area contributed by atoms with Gasteiger partial charge in [0.15, 0.2) is 0 Å². The predicted molar refractivity (Wildman–Crippen MR) is 92.0 cm³/mol. The SMILES string of the molecule is C[C@H]1CN(Cc2ccccn2)CCN1C[C@H](O)c1ccccc1. The highest BCUT2D eigenvalue weighted by Gasteiger charge is 2.25. The van der Waals surface area contributed by atoms with Crippen molar-refractivity contribution in [3.05, 3.63) is 66.0 Å². The lowest BCUT2D eigenvalue weighted by molar-refractivity contribution is 0.0358.